The second kappa shape index (κ2) is 6.40. The van der Waals surface area contributed by atoms with Crippen LogP contribution in [0.5, 0.6) is 0 Å². The van der Waals surface area contributed by atoms with Gasteiger partial charge in [-0.15, -0.1) is 0 Å². The maximum absolute atomic E-state index is 11.2. The van der Waals surface area contributed by atoms with Crippen molar-refractivity contribution in [3.8, 4) is 6.07 Å². The third kappa shape index (κ3) is 2.84. The molecule has 0 N–H and O–H groups in total. The van der Waals surface area contributed by atoms with Gasteiger partial charge in [0.25, 0.3) is 5.69 Å². The maximum atomic E-state index is 11.2. The van der Waals surface area contributed by atoms with Crippen LogP contribution in [-0.4, -0.2) is 4.92 Å². The van der Waals surface area contributed by atoms with Crippen molar-refractivity contribution in [2.75, 3.05) is 0 Å². The Labute approximate surface area is 130 Å². The third-order valence-electron chi connectivity index (χ3n) is 4.13. The molecule has 4 heteroatoms. The number of para-hydroxylation sites is 1. The molecule has 22 heavy (non-hydrogen) atoms. The molecule has 0 spiro atoms. The molecule has 0 saturated heterocycles. The van der Waals surface area contributed by atoms with Crippen LogP contribution in [0.15, 0.2) is 54.6 Å². The zero-order valence-corrected chi connectivity index (χ0v) is 12.7. The molecule has 0 aliphatic heterocycles. The molecule has 0 fully saturated rings. The summed E-state index contributed by atoms with van der Waals surface area (Å²) in [5.41, 5.74) is 0.767. The highest BCUT2D eigenvalue weighted by Crippen LogP contribution is 2.37. The molecule has 2 aromatic carbocycles. The average molecular weight is 294 g/mol. The van der Waals surface area contributed by atoms with Gasteiger partial charge in [0, 0.05) is 18.1 Å². The van der Waals surface area contributed by atoms with E-state index in [9.17, 15) is 15.4 Å². The highest BCUT2D eigenvalue weighted by atomic mass is 16.6. The Morgan fingerprint density at radius 1 is 1.14 bits per heavy atom. The lowest BCUT2D eigenvalue weighted by atomic mass is 9.69. The first-order chi connectivity index (χ1) is 10.5. The molecule has 0 saturated carbocycles. The predicted molar refractivity (Wildman–Crippen MR) is 85.4 cm³/mol. The zero-order chi connectivity index (χ0) is 16.2. The largest absolute Gasteiger partial charge is 0.272 e. The topological polar surface area (TPSA) is 66.9 Å². The van der Waals surface area contributed by atoms with E-state index in [0.717, 1.165) is 5.56 Å². The third-order valence-corrected chi connectivity index (χ3v) is 4.13. The van der Waals surface area contributed by atoms with E-state index in [1.165, 1.54) is 6.07 Å². The molecule has 0 aromatic heterocycles. The Morgan fingerprint density at radius 3 is 2.27 bits per heavy atom. The van der Waals surface area contributed by atoms with E-state index in [2.05, 4.69) is 6.07 Å². The van der Waals surface area contributed by atoms with Crippen LogP contribution < -0.4 is 0 Å². The second-order valence-electron chi connectivity index (χ2n) is 5.67. The van der Waals surface area contributed by atoms with Gasteiger partial charge in [0.15, 0.2) is 0 Å². The van der Waals surface area contributed by atoms with Gasteiger partial charge in [-0.2, -0.15) is 5.26 Å². The van der Waals surface area contributed by atoms with Crippen molar-refractivity contribution >= 4 is 5.69 Å². The van der Waals surface area contributed by atoms with Crippen LogP contribution in [-0.2, 0) is 11.8 Å². The monoisotopic (exact) mass is 294 g/mol. The number of nitrogens with zero attached hydrogens (tertiary/aromatic N) is 2. The molecular formula is C18H18N2O2. The minimum Gasteiger partial charge on any atom is -0.258 e. The summed E-state index contributed by atoms with van der Waals surface area (Å²) in [6, 6.07) is 18.6. The van der Waals surface area contributed by atoms with Crippen molar-refractivity contribution in [1.29, 1.82) is 5.26 Å². The predicted octanol–water partition coefficient (Wildman–Crippen LogP) is 4.25. The summed E-state index contributed by atoms with van der Waals surface area (Å²) in [7, 11) is 0. The van der Waals surface area contributed by atoms with Crippen LogP contribution in [0.4, 0.5) is 5.69 Å². The molecule has 0 bridgehead atoms. The number of benzene rings is 2. The van der Waals surface area contributed by atoms with Crippen molar-refractivity contribution < 1.29 is 4.92 Å². The van der Waals surface area contributed by atoms with Gasteiger partial charge < -0.3 is 0 Å². The molecule has 1 unspecified atom stereocenters. The van der Waals surface area contributed by atoms with E-state index < -0.39 is 5.41 Å². The van der Waals surface area contributed by atoms with Crippen molar-refractivity contribution in [2.45, 2.75) is 25.7 Å². The lowest BCUT2D eigenvalue weighted by molar-refractivity contribution is -0.385. The summed E-state index contributed by atoms with van der Waals surface area (Å²) in [6.45, 7) is 3.95. The van der Waals surface area contributed by atoms with Crippen LogP contribution in [0, 0.1) is 27.4 Å². The number of nitro groups is 1. The number of nitriles is 1. The molecular weight excluding hydrogens is 276 g/mol. The lowest BCUT2D eigenvalue weighted by Crippen LogP contribution is -2.33. The Kier molecular flexibility index (Phi) is 4.57. The van der Waals surface area contributed by atoms with E-state index in [0.29, 0.717) is 12.0 Å². The van der Waals surface area contributed by atoms with Gasteiger partial charge >= 0.3 is 0 Å². The van der Waals surface area contributed by atoms with Crippen LogP contribution in [0.2, 0.25) is 0 Å². The van der Waals surface area contributed by atoms with Gasteiger partial charge in [0.1, 0.15) is 0 Å². The molecule has 0 aliphatic rings. The minimum absolute atomic E-state index is 0.0275. The van der Waals surface area contributed by atoms with Gasteiger partial charge in [0.05, 0.1) is 16.4 Å². The number of nitro benzene ring substituents is 1. The number of hydrogen-bond acceptors (Lipinski definition) is 3. The molecule has 0 heterocycles. The van der Waals surface area contributed by atoms with Crippen molar-refractivity contribution in [2.24, 2.45) is 5.92 Å². The fraction of sp³-hybridized carbons (Fsp3) is 0.278. The van der Waals surface area contributed by atoms with Crippen molar-refractivity contribution in [3.05, 3.63) is 75.8 Å². The first kappa shape index (κ1) is 15.7. The summed E-state index contributed by atoms with van der Waals surface area (Å²) in [6.07, 6.45) is 0.322. The van der Waals surface area contributed by atoms with Gasteiger partial charge in [-0.3, -0.25) is 10.1 Å². The Hall–Kier alpha value is -2.67. The normalized spacial score (nSPS) is 13.4. The molecule has 2 aromatic rings. The van der Waals surface area contributed by atoms with E-state index >= 15 is 0 Å². The summed E-state index contributed by atoms with van der Waals surface area (Å²) >= 11 is 0. The van der Waals surface area contributed by atoms with Gasteiger partial charge in [-0.1, -0.05) is 62.4 Å². The highest BCUT2D eigenvalue weighted by molar-refractivity contribution is 5.45. The maximum Gasteiger partial charge on any atom is 0.272 e. The first-order valence-corrected chi connectivity index (χ1v) is 7.20. The molecule has 0 radical (unpaired) electrons. The fourth-order valence-corrected chi connectivity index (χ4v) is 2.75. The first-order valence-electron chi connectivity index (χ1n) is 7.20. The average Bonchev–Trinajstić information content (AvgIpc) is 2.53. The molecule has 4 nitrogen and oxygen atoms in total. The second-order valence-corrected chi connectivity index (χ2v) is 5.67. The molecule has 2 rings (SSSR count). The molecule has 0 aliphatic carbocycles. The highest BCUT2D eigenvalue weighted by Gasteiger charge is 2.37. The summed E-state index contributed by atoms with van der Waals surface area (Å²) in [5, 5.41) is 21.1. The van der Waals surface area contributed by atoms with Crippen LogP contribution >= 0.6 is 0 Å². The smallest absolute Gasteiger partial charge is 0.258 e. The Balaban J connectivity index is 2.55. The zero-order valence-electron chi connectivity index (χ0n) is 12.7. The SMILES string of the molecule is CC(C)C(C#N)(Cc1ccccc1[N+](=O)[O-])c1ccccc1. The Morgan fingerprint density at radius 2 is 1.73 bits per heavy atom. The Bertz CT molecular complexity index is 705. The summed E-state index contributed by atoms with van der Waals surface area (Å²) in [4.78, 5) is 10.8. The molecule has 1 atom stereocenters. The molecule has 112 valence electrons. The fourth-order valence-electron chi connectivity index (χ4n) is 2.75. The van der Waals surface area contributed by atoms with Crippen LogP contribution in [0.3, 0.4) is 0 Å². The summed E-state index contributed by atoms with van der Waals surface area (Å²) < 4.78 is 0. The minimum atomic E-state index is -0.784. The van der Waals surface area contributed by atoms with Gasteiger partial charge in [0.2, 0.25) is 0 Å². The van der Waals surface area contributed by atoms with Gasteiger partial charge in [-0.05, 0) is 11.5 Å². The molecule has 0 amide bonds. The number of hydrogen-bond donors (Lipinski definition) is 0. The van der Waals surface area contributed by atoms with E-state index in [1.807, 2.05) is 44.2 Å². The van der Waals surface area contributed by atoms with Crippen molar-refractivity contribution in [1.82, 2.24) is 0 Å². The van der Waals surface area contributed by atoms with Crippen LogP contribution in [0.1, 0.15) is 25.0 Å². The van der Waals surface area contributed by atoms with Gasteiger partial charge in [-0.25, -0.2) is 0 Å². The number of rotatable bonds is 5. The van der Waals surface area contributed by atoms with E-state index in [4.69, 9.17) is 0 Å². The van der Waals surface area contributed by atoms with E-state index in [1.54, 1.807) is 18.2 Å². The standard InChI is InChI=1S/C18H18N2O2/c1-14(2)18(13-19,16-9-4-3-5-10-16)12-15-8-6-7-11-17(15)20(21)22/h3-11,14H,12H2,1-2H3. The summed E-state index contributed by atoms with van der Waals surface area (Å²) in [5.74, 6) is 0.0275. The van der Waals surface area contributed by atoms with E-state index in [-0.39, 0.29) is 16.5 Å². The van der Waals surface area contributed by atoms with Crippen LogP contribution in [0.25, 0.3) is 0 Å². The van der Waals surface area contributed by atoms with Crippen molar-refractivity contribution in [3.63, 3.8) is 0 Å². The lowest BCUT2D eigenvalue weighted by Gasteiger charge is -2.31. The quantitative estimate of drug-likeness (QED) is 0.611.